The Bertz CT molecular complexity index is 333. The molecule has 1 rings (SSSR count). The Morgan fingerprint density at radius 3 is 2.88 bits per heavy atom. The standard InChI is InChI=1S/C12H17BrClNO/c1-9(3-2-6-16)15-8-10-4-5-12(14)11(13)7-10/h4-5,7,9,15-16H,2-3,6,8H2,1H3. The molecule has 0 fully saturated rings. The highest BCUT2D eigenvalue weighted by Gasteiger charge is 2.02. The third-order valence-corrected chi connectivity index (χ3v) is 3.65. The molecule has 2 nitrogen and oxygen atoms in total. The Morgan fingerprint density at radius 1 is 1.50 bits per heavy atom. The van der Waals surface area contributed by atoms with Crippen molar-refractivity contribution in [3.05, 3.63) is 33.3 Å². The summed E-state index contributed by atoms with van der Waals surface area (Å²) >= 11 is 9.32. The molecule has 16 heavy (non-hydrogen) atoms. The third kappa shape index (κ3) is 4.83. The molecule has 0 radical (unpaired) electrons. The quantitative estimate of drug-likeness (QED) is 0.845. The number of benzene rings is 1. The predicted molar refractivity (Wildman–Crippen MR) is 71.8 cm³/mol. The van der Waals surface area contributed by atoms with Crippen molar-refractivity contribution < 1.29 is 5.11 Å². The maximum absolute atomic E-state index is 8.72. The van der Waals surface area contributed by atoms with E-state index in [1.165, 1.54) is 5.56 Å². The van der Waals surface area contributed by atoms with Crippen molar-refractivity contribution in [2.75, 3.05) is 6.61 Å². The number of aliphatic hydroxyl groups is 1. The largest absolute Gasteiger partial charge is 0.396 e. The number of rotatable bonds is 6. The summed E-state index contributed by atoms with van der Waals surface area (Å²) in [4.78, 5) is 0. The number of nitrogens with one attached hydrogen (secondary N) is 1. The van der Waals surface area contributed by atoms with Gasteiger partial charge in [-0.3, -0.25) is 0 Å². The molecule has 1 aromatic rings. The van der Waals surface area contributed by atoms with E-state index >= 15 is 0 Å². The van der Waals surface area contributed by atoms with Crippen LogP contribution in [-0.4, -0.2) is 17.8 Å². The maximum atomic E-state index is 8.72. The van der Waals surface area contributed by atoms with Crippen LogP contribution in [0.25, 0.3) is 0 Å². The summed E-state index contributed by atoms with van der Waals surface area (Å²) in [7, 11) is 0. The van der Waals surface area contributed by atoms with Crippen LogP contribution in [0.1, 0.15) is 25.3 Å². The van der Waals surface area contributed by atoms with Gasteiger partial charge in [-0.25, -0.2) is 0 Å². The molecule has 0 aliphatic heterocycles. The van der Waals surface area contributed by atoms with E-state index in [1.807, 2.05) is 18.2 Å². The maximum Gasteiger partial charge on any atom is 0.0548 e. The molecule has 0 heterocycles. The summed E-state index contributed by atoms with van der Waals surface area (Å²) in [6, 6.07) is 6.34. The molecule has 0 saturated heterocycles. The molecular weight excluding hydrogens is 289 g/mol. The molecule has 0 aromatic heterocycles. The summed E-state index contributed by atoms with van der Waals surface area (Å²) < 4.78 is 0.927. The Balaban J connectivity index is 2.39. The van der Waals surface area contributed by atoms with Gasteiger partial charge in [0.25, 0.3) is 0 Å². The smallest absolute Gasteiger partial charge is 0.0548 e. The Morgan fingerprint density at radius 2 is 2.25 bits per heavy atom. The fraction of sp³-hybridized carbons (Fsp3) is 0.500. The van der Waals surface area contributed by atoms with E-state index in [2.05, 4.69) is 28.2 Å². The second kappa shape index (κ2) is 7.28. The van der Waals surface area contributed by atoms with Gasteiger partial charge >= 0.3 is 0 Å². The van der Waals surface area contributed by atoms with Crippen molar-refractivity contribution in [3.8, 4) is 0 Å². The van der Waals surface area contributed by atoms with Crippen LogP contribution < -0.4 is 5.32 Å². The summed E-state index contributed by atoms with van der Waals surface area (Å²) in [6.07, 6.45) is 1.84. The second-order valence-electron chi connectivity index (χ2n) is 3.90. The molecule has 0 aliphatic carbocycles. The van der Waals surface area contributed by atoms with Crippen LogP contribution in [0.3, 0.4) is 0 Å². The molecular formula is C12H17BrClNO. The fourth-order valence-corrected chi connectivity index (χ4v) is 1.98. The second-order valence-corrected chi connectivity index (χ2v) is 5.16. The number of halogens is 2. The van der Waals surface area contributed by atoms with Gasteiger partial charge in [0.05, 0.1) is 5.02 Å². The highest BCUT2D eigenvalue weighted by molar-refractivity contribution is 9.10. The van der Waals surface area contributed by atoms with Gasteiger partial charge in [-0.2, -0.15) is 0 Å². The van der Waals surface area contributed by atoms with Crippen molar-refractivity contribution in [2.45, 2.75) is 32.4 Å². The van der Waals surface area contributed by atoms with E-state index in [9.17, 15) is 0 Å². The van der Waals surface area contributed by atoms with Crippen molar-refractivity contribution in [1.29, 1.82) is 0 Å². The van der Waals surface area contributed by atoms with Gasteiger partial charge in [-0.15, -0.1) is 0 Å². The van der Waals surface area contributed by atoms with Crippen molar-refractivity contribution in [1.82, 2.24) is 5.32 Å². The number of hydrogen-bond donors (Lipinski definition) is 2. The molecule has 90 valence electrons. The van der Waals surface area contributed by atoms with E-state index in [0.29, 0.717) is 6.04 Å². The van der Waals surface area contributed by atoms with E-state index in [-0.39, 0.29) is 6.61 Å². The summed E-state index contributed by atoms with van der Waals surface area (Å²) in [5.74, 6) is 0. The fourth-order valence-electron chi connectivity index (χ4n) is 1.44. The Labute approximate surface area is 110 Å². The molecule has 0 saturated carbocycles. The molecule has 1 unspecified atom stereocenters. The lowest BCUT2D eigenvalue weighted by Gasteiger charge is -2.13. The van der Waals surface area contributed by atoms with Gasteiger partial charge < -0.3 is 10.4 Å². The highest BCUT2D eigenvalue weighted by Crippen LogP contribution is 2.23. The van der Waals surface area contributed by atoms with Gasteiger partial charge in [0.15, 0.2) is 0 Å². The molecule has 0 aliphatic rings. The Hall–Kier alpha value is -0.0900. The molecule has 0 spiro atoms. The lowest BCUT2D eigenvalue weighted by molar-refractivity contribution is 0.276. The lowest BCUT2D eigenvalue weighted by atomic mass is 10.1. The average Bonchev–Trinajstić information content (AvgIpc) is 2.28. The number of aliphatic hydroxyl groups excluding tert-OH is 1. The first kappa shape index (κ1) is 14.0. The first-order valence-corrected chi connectivity index (χ1v) is 6.58. The van der Waals surface area contributed by atoms with Gasteiger partial charge in [0, 0.05) is 23.7 Å². The minimum absolute atomic E-state index is 0.262. The van der Waals surface area contributed by atoms with Crippen molar-refractivity contribution in [2.24, 2.45) is 0 Å². The molecule has 1 atom stereocenters. The van der Waals surface area contributed by atoms with Crippen LogP contribution in [0.2, 0.25) is 5.02 Å². The van der Waals surface area contributed by atoms with E-state index in [1.54, 1.807) is 0 Å². The van der Waals surface area contributed by atoms with Crippen LogP contribution in [0, 0.1) is 0 Å². The normalized spacial score (nSPS) is 12.8. The third-order valence-electron chi connectivity index (χ3n) is 2.43. The zero-order chi connectivity index (χ0) is 12.0. The average molecular weight is 307 g/mol. The minimum atomic E-state index is 0.262. The van der Waals surface area contributed by atoms with Crippen LogP contribution in [0.15, 0.2) is 22.7 Å². The molecule has 1 aromatic carbocycles. The van der Waals surface area contributed by atoms with Crippen LogP contribution in [0.4, 0.5) is 0 Å². The van der Waals surface area contributed by atoms with Crippen LogP contribution in [0.5, 0.6) is 0 Å². The molecule has 0 amide bonds. The molecule has 2 N–H and O–H groups in total. The van der Waals surface area contributed by atoms with E-state index in [0.717, 1.165) is 28.9 Å². The van der Waals surface area contributed by atoms with Crippen LogP contribution >= 0.6 is 27.5 Å². The topological polar surface area (TPSA) is 32.3 Å². The summed E-state index contributed by atoms with van der Waals surface area (Å²) in [5, 5.41) is 12.9. The zero-order valence-corrected chi connectivity index (χ0v) is 11.7. The summed E-state index contributed by atoms with van der Waals surface area (Å²) in [5.41, 5.74) is 1.20. The first-order chi connectivity index (χ1) is 7.63. The monoisotopic (exact) mass is 305 g/mol. The first-order valence-electron chi connectivity index (χ1n) is 5.41. The van der Waals surface area contributed by atoms with Crippen molar-refractivity contribution >= 4 is 27.5 Å². The molecule has 0 bridgehead atoms. The zero-order valence-electron chi connectivity index (χ0n) is 9.34. The Kier molecular flexibility index (Phi) is 6.36. The lowest BCUT2D eigenvalue weighted by Crippen LogP contribution is -2.25. The highest BCUT2D eigenvalue weighted by atomic mass is 79.9. The van der Waals surface area contributed by atoms with Gasteiger partial charge in [0.2, 0.25) is 0 Å². The van der Waals surface area contributed by atoms with Crippen LogP contribution in [-0.2, 0) is 6.54 Å². The van der Waals surface area contributed by atoms with Gasteiger partial charge in [-0.1, -0.05) is 17.7 Å². The van der Waals surface area contributed by atoms with Crippen molar-refractivity contribution in [3.63, 3.8) is 0 Å². The predicted octanol–water partition coefficient (Wildman–Crippen LogP) is 3.35. The van der Waals surface area contributed by atoms with Gasteiger partial charge in [0.1, 0.15) is 0 Å². The molecule has 4 heteroatoms. The summed E-state index contributed by atoms with van der Waals surface area (Å²) in [6.45, 7) is 3.21. The van der Waals surface area contributed by atoms with E-state index < -0.39 is 0 Å². The SMILES string of the molecule is CC(CCCO)NCc1ccc(Cl)c(Br)c1. The van der Waals surface area contributed by atoms with Gasteiger partial charge in [-0.05, 0) is 53.4 Å². The number of hydrogen-bond acceptors (Lipinski definition) is 2. The van der Waals surface area contributed by atoms with E-state index in [4.69, 9.17) is 16.7 Å². The minimum Gasteiger partial charge on any atom is -0.396 e.